The van der Waals surface area contributed by atoms with Crippen LogP contribution in [0.25, 0.3) is 0 Å². The van der Waals surface area contributed by atoms with Crippen LogP contribution in [0, 0.1) is 26.7 Å². The minimum atomic E-state index is -0.211. The lowest BCUT2D eigenvalue weighted by atomic mass is 9.99. The van der Waals surface area contributed by atoms with Crippen LogP contribution in [-0.4, -0.2) is 35.8 Å². The Hall–Kier alpha value is -1.94. The molecule has 136 valence electrons. The third-order valence-electron chi connectivity index (χ3n) is 4.98. The zero-order valence-corrected chi connectivity index (χ0v) is 15.8. The van der Waals surface area contributed by atoms with Gasteiger partial charge in [-0.2, -0.15) is 0 Å². The molecule has 0 bridgehead atoms. The van der Waals surface area contributed by atoms with E-state index in [1.807, 2.05) is 0 Å². The Balaban J connectivity index is 2.10. The lowest BCUT2D eigenvalue weighted by molar-refractivity contribution is -0.143. The topological polar surface area (TPSA) is 46.6 Å². The molecule has 2 unspecified atom stereocenters. The van der Waals surface area contributed by atoms with Gasteiger partial charge in [-0.3, -0.25) is 14.5 Å². The number of aryl methyl sites for hydroxylation is 3. The highest BCUT2D eigenvalue weighted by Crippen LogP contribution is 2.30. The molecule has 4 nitrogen and oxygen atoms in total. The van der Waals surface area contributed by atoms with Crippen LogP contribution in [0.1, 0.15) is 42.0 Å². The first-order valence-electron chi connectivity index (χ1n) is 8.89. The van der Waals surface area contributed by atoms with Crippen molar-refractivity contribution in [2.24, 2.45) is 5.92 Å². The molecule has 1 heterocycles. The molecule has 1 aliphatic rings. The van der Waals surface area contributed by atoms with E-state index in [0.29, 0.717) is 6.42 Å². The average molecular weight is 343 g/mol. The number of rotatable bonds is 7. The summed E-state index contributed by atoms with van der Waals surface area (Å²) in [6.07, 6.45) is 2.66. The molecular formula is C21H29NO3. The SMILES string of the molecule is C=CCOC(=O)CC1CC(C(C)=O)N(Cc2c(C)cc(C)cc2C)C1. The van der Waals surface area contributed by atoms with Crippen molar-refractivity contribution in [3.63, 3.8) is 0 Å². The second-order valence-electron chi connectivity index (χ2n) is 7.21. The fourth-order valence-corrected chi connectivity index (χ4v) is 3.85. The van der Waals surface area contributed by atoms with Crippen LogP contribution in [0.4, 0.5) is 0 Å². The predicted octanol–water partition coefficient (Wildman–Crippen LogP) is 3.51. The van der Waals surface area contributed by atoms with Gasteiger partial charge in [-0.1, -0.05) is 30.4 Å². The minimum Gasteiger partial charge on any atom is -0.461 e. The zero-order valence-electron chi connectivity index (χ0n) is 15.8. The van der Waals surface area contributed by atoms with Crippen LogP contribution in [0.2, 0.25) is 0 Å². The average Bonchev–Trinajstić information content (AvgIpc) is 2.91. The van der Waals surface area contributed by atoms with Crippen molar-refractivity contribution in [3.05, 3.63) is 47.0 Å². The molecule has 2 atom stereocenters. The molecular weight excluding hydrogens is 314 g/mol. The summed E-state index contributed by atoms with van der Waals surface area (Å²) in [5, 5.41) is 0. The van der Waals surface area contributed by atoms with E-state index in [1.54, 1.807) is 13.0 Å². The van der Waals surface area contributed by atoms with Crippen molar-refractivity contribution < 1.29 is 14.3 Å². The van der Waals surface area contributed by atoms with E-state index in [-0.39, 0.29) is 30.3 Å². The summed E-state index contributed by atoms with van der Waals surface area (Å²) in [7, 11) is 0. The van der Waals surface area contributed by atoms with Crippen LogP contribution in [0.5, 0.6) is 0 Å². The quantitative estimate of drug-likeness (QED) is 0.561. The van der Waals surface area contributed by atoms with Crippen molar-refractivity contribution >= 4 is 11.8 Å². The van der Waals surface area contributed by atoms with Crippen molar-refractivity contribution in [3.8, 4) is 0 Å². The number of carbonyl (C=O) groups excluding carboxylic acids is 2. The van der Waals surface area contributed by atoms with Gasteiger partial charge in [-0.25, -0.2) is 0 Å². The smallest absolute Gasteiger partial charge is 0.306 e. The Morgan fingerprint density at radius 1 is 1.28 bits per heavy atom. The first-order valence-corrected chi connectivity index (χ1v) is 8.89. The van der Waals surface area contributed by atoms with E-state index >= 15 is 0 Å². The molecule has 0 amide bonds. The van der Waals surface area contributed by atoms with E-state index in [1.165, 1.54) is 22.3 Å². The molecule has 0 aliphatic carbocycles. The van der Waals surface area contributed by atoms with Gasteiger partial charge < -0.3 is 4.74 Å². The number of likely N-dealkylation sites (tertiary alicyclic amines) is 1. The number of nitrogens with zero attached hydrogens (tertiary/aromatic N) is 1. The molecule has 1 fully saturated rings. The first-order chi connectivity index (χ1) is 11.8. The fraction of sp³-hybridized carbons (Fsp3) is 0.524. The Morgan fingerprint density at radius 3 is 2.48 bits per heavy atom. The first kappa shape index (κ1) is 19.4. The molecule has 0 N–H and O–H groups in total. The summed E-state index contributed by atoms with van der Waals surface area (Å²) < 4.78 is 5.09. The monoisotopic (exact) mass is 343 g/mol. The van der Waals surface area contributed by atoms with E-state index in [2.05, 4.69) is 44.4 Å². The lowest BCUT2D eigenvalue weighted by Gasteiger charge is -2.24. The molecule has 0 radical (unpaired) electrons. The van der Waals surface area contributed by atoms with Gasteiger partial charge >= 0.3 is 5.97 Å². The number of carbonyl (C=O) groups is 2. The second-order valence-corrected chi connectivity index (χ2v) is 7.21. The summed E-state index contributed by atoms with van der Waals surface area (Å²) in [5.74, 6) is 0.124. The van der Waals surface area contributed by atoms with Crippen LogP contribution in [0.15, 0.2) is 24.8 Å². The number of ketones is 1. The van der Waals surface area contributed by atoms with Crippen molar-refractivity contribution in [2.75, 3.05) is 13.2 Å². The summed E-state index contributed by atoms with van der Waals surface area (Å²) in [6.45, 7) is 13.3. The van der Waals surface area contributed by atoms with Crippen LogP contribution in [0.3, 0.4) is 0 Å². The van der Waals surface area contributed by atoms with E-state index < -0.39 is 0 Å². The molecule has 2 rings (SSSR count). The second kappa shape index (κ2) is 8.43. The number of hydrogen-bond donors (Lipinski definition) is 0. The van der Waals surface area contributed by atoms with Gasteiger partial charge in [0.05, 0.1) is 6.04 Å². The number of hydrogen-bond acceptors (Lipinski definition) is 4. The molecule has 1 aromatic carbocycles. The number of esters is 1. The normalized spacial score (nSPS) is 20.5. The highest BCUT2D eigenvalue weighted by atomic mass is 16.5. The fourth-order valence-electron chi connectivity index (χ4n) is 3.85. The van der Waals surface area contributed by atoms with Crippen molar-refractivity contribution in [1.82, 2.24) is 4.90 Å². The van der Waals surface area contributed by atoms with Gasteiger partial charge in [0.15, 0.2) is 0 Å². The molecule has 0 saturated carbocycles. The molecule has 25 heavy (non-hydrogen) atoms. The maximum absolute atomic E-state index is 12.1. The number of ether oxygens (including phenoxy) is 1. The number of Topliss-reactive ketones (excluding diaryl/α,β-unsaturated/α-hetero) is 1. The number of benzene rings is 1. The molecule has 1 aromatic rings. The zero-order chi connectivity index (χ0) is 18.6. The molecule has 0 aromatic heterocycles. The Morgan fingerprint density at radius 2 is 1.92 bits per heavy atom. The predicted molar refractivity (Wildman–Crippen MR) is 99.4 cm³/mol. The van der Waals surface area contributed by atoms with Gasteiger partial charge in [0.2, 0.25) is 0 Å². The van der Waals surface area contributed by atoms with Gasteiger partial charge in [-0.15, -0.1) is 0 Å². The van der Waals surface area contributed by atoms with Gasteiger partial charge in [0, 0.05) is 19.5 Å². The van der Waals surface area contributed by atoms with Crippen LogP contribution >= 0.6 is 0 Å². The largest absolute Gasteiger partial charge is 0.461 e. The summed E-state index contributed by atoms with van der Waals surface area (Å²) in [5.41, 5.74) is 5.06. The van der Waals surface area contributed by atoms with Gasteiger partial charge in [-0.05, 0) is 56.7 Å². The highest BCUT2D eigenvalue weighted by molar-refractivity contribution is 5.82. The minimum absolute atomic E-state index is 0.114. The molecule has 0 spiro atoms. The third-order valence-corrected chi connectivity index (χ3v) is 4.98. The van der Waals surface area contributed by atoms with Crippen LogP contribution < -0.4 is 0 Å². The maximum Gasteiger partial charge on any atom is 0.306 e. The van der Waals surface area contributed by atoms with E-state index in [0.717, 1.165) is 19.5 Å². The van der Waals surface area contributed by atoms with Gasteiger partial charge in [0.25, 0.3) is 0 Å². The maximum atomic E-state index is 12.1. The van der Waals surface area contributed by atoms with Crippen molar-refractivity contribution in [2.45, 2.75) is 53.1 Å². The van der Waals surface area contributed by atoms with Gasteiger partial charge in [0.1, 0.15) is 12.4 Å². The lowest BCUT2D eigenvalue weighted by Crippen LogP contribution is -2.34. The Bertz CT molecular complexity index is 642. The summed E-state index contributed by atoms with van der Waals surface area (Å²) in [6, 6.07) is 4.26. The third kappa shape index (κ3) is 5.02. The van der Waals surface area contributed by atoms with Crippen LogP contribution in [-0.2, 0) is 20.9 Å². The van der Waals surface area contributed by atoms with E-state index in [4.69, 9.17) is 4.74 Å². The Kier molecular flexibility index (Phi) is 6.54. The van der Waals surface area contributed by atoms with Crippen molar-refractivity contribution in [1.29, 1.82) is 0 Å². The molecule has 1 aliphatic heterocycles. The Labute approximate surface area is 150 Å². The summed E-state index contributed by atoms with van der Waals surface area (Å²) in [4.78, 5) is 26.2. The van der Waals surface area contributed by atoms with E-state index in [9.17, 15) is 9.59 Å². The summed E-state index contributed by atoms with van der Waals surface area (Å²) >= 11 is 0. The molecule has 4 heteroatoms. The molecule has 1 saturated heterocycles. The standard InChI is InChI=1S/C21H29NO3/c1-6-7-25-21(24)11-18-10-20(17(5)23)22(12-18)13-19-15(3)8-14(2)9-16(19)4/h6,8-9,18,20H,1,7,10-13H2,2-5H3. The highest BCUT2D eigenvalue weighted by Gasteiger charge is 2.36.